The molecule has 88 valence electrons. The van der Waals surface area contributed by atoms with Crippen LogP contribution in [0.15, 0.2) is 42.6 Å². The molecule has 0 unspecified atom stereocenters. The molecule has 18 heavy (non-hydrogen) atoms. The van der Waals surface area contributed by atoms with Crippen LogP contribution in [-0.4, -0.2) is 4.98 Å². The van der Waals surface area contributed by atoms with Gasteiger partial charge in [0, 0.05) is 22.5 Å². The highest BCUT2D eigenvalue weighted by Gasteiger charge is 2.26. The maximum Gasteiger partial charge on any atom is 0.232 e. The summed E-state index contributed by atoms with van der Waals surface area (Å²) >= 11 is 0. The normalized spacial score (nSPS) is 13.4. The number of rotatable bonds is 0. The summed E-state index contributed by atoms with van der Waals surface area (Å²) in [6, 6.07) is 13.0. The van der Waals surface area contributed by atoms with Crippen LogP contribution in [0.25, 0.3) is 22.3 Å². The molecule has 1 N–H and O–H groups in total. The Balaban J connectivity index is 2.12. The van der Waals surface area contributed by atoms with Crippen molar-refractivity contribution in [1.82, 2.24) is 4.98 Å². The quantitative estimate of drug-likeness (QED) is 0.578. The van der Waals surface area contributed by atoms with E-state index in [0.717, 1.165) is 12.8 Å². The highest BCUT2D eigenvalue weighted by Crippen LogP contribution is 2.35. The van der Waals surface area contributed by atoms with E-state index in [1.54, 1.807) is 0 Å². The maximum absolute atomic E-state index is 3.59. The van der Waals surface area contributed by atoms with Crippen LogP contribution in [0, 0.1) is 0 Å². The number of hydrogen-bond donors (Lipinski definition) is 1. The lowest BCUT2D eigenvalue weighted by Crippen LogP contribution is -2.33. The van der Waals surface area contributed by atoms with Gasteiger partial charge in [-0.05, 0) is 30.5 Å². The molecule has 0 radical (unpaired) electrons. The van der Waals surface area contributed by atoms with Crippen LogP contribution >= 0.6 is 0 Å². The van der Waals surface area contributed by atoms with Crippen molar-refractivity contribution in [2.45, 2.75) is 12.8 Å². The van der Waals surface area contributed by atoms with Gasteiger partial charge < -0.3 is 4.98 Å². The lowest BCUT2D eigenvalue weighted by atomic mass is 9.92. The molecule has 3 aromatic rings. The zero-order chi connectivity index (χ0) is 12.1. The predicted octanol–water partition coefficient (Wildman–Crippen LogP) is 2.76. The van der Waals surface area contributed by atoms with Gasteiger partial charge in [0.2, 0.25) is 5.69 Å². The Morgan fingerprint density at radius 1 is 1.06 bits per heavy atom. The smallest absolute Gasteiger partial charge is 0.232 e. The summed E-state index contributed by atoms with van der Waals surface area (Å²) in [6.07, 6.45) is 4.40. The van der Waals surface area contributed by atoms with E-state index in [0.29, 0.717) is 0 Å². The fourth-order valence-corrected chi connectivity index (χ4v) is 3.13. The Hall–Kier alpha value is -2.09. The zero-order valence-electron chi connectivity index (χ0n) is 10.4. The lowest BCUT2D eigenvalue weighted by molar-refractivity contribution is -0.661. The molecule has 4 rings (SSSR count). The minimum Gasteiger partial charge on any atom is -0.349 e. The number of H-pyrrole nitrogens is 1. The summed E-state index contributed by atoms with van der Waals surface area (Å²) in [7, 11) is 2.12. The second kappa shape index (κ2) is 3.45. The Morgan fingerprint density at radius 2 is 1.94 bits per heavy atom. The molecular formula is C16H15N2+. The summed E-state index contributed by atoms with van der Waals surface area (Å²) in [5.74, 6) is 0. The van der Waals surface area contributed by atoms with Gasteiger partial charge in [-0.15, -0.1) is 0 Å². The van der Waals surface area contributed by atoms with E-state index in [2.05, 4.69) is 59.2 Å². The average molecular weight is 235 g/mol. The summed E-state index contributed by atoms with van der Waals surface area (Å²) in [4.78, 5) is 3.59. The van der Waals surface area contributed by atoms with Crippen LogP contribution in [0.1, 0.15) is 11.1 Å². The Kier molecular flexibility index (Phi) is 1.90. The number of nitrogens with one attached hydrogen (secondary N) is 1. The third-order valence-corrected chi connectivity index (χ3v) is 3.96. The van der Waals surface area contributed by atoms with E-state index in [9.17, 15) is 0 Å². The highest BCUT2D eigenvalue weighted by atomic mass is 14.9. The van der Waals surface area contributed by atoms with Crippen molar-refractivity contribution in [3.8, 4) is 11.4 Å². The topological polar surface area (TPSA) is 19.7 Å². The Morgan fingerprint density at radius 3 is 2.89 bits per heavy atom. The number of hydrogen-bond acceptors (Lipinski definition) is 0. The van der Waals surface area contributed by atoms with Crippen LogP contribution in [-0.2, 0) is 19.9 Å². The van der Waals surface area contributed by atoms with Crippen LogP contribution in [0.2, 0.25) is 0 Å². The molecule has 2 aromatic heterocycles. The maximum atomic E-state index is 3.59. The van der Waals surface area contributed by atoms with Gasteiger partial charge in [0.05, 0.1) is 0 Å². The monoisotopic (exact) mass is 235 g/mol. The lowest BCUT2D eigenvalue weighted by Gasteiger charge is -2.13. The number of para-hydroxylation sites is 1. The van der Waals surface area contributed by atoms with Crippen LogP contribution < -0.4 is 4.57 Å². The summed E-state index contributed by atoms with van der Waals surface area (Å²) in [5.41, 5.74) is 6.81. The first-order chi connectivity index (χ1) is 8.84. The third-order valence-electron chi connectivity index (χ3n) is 3.96. The number of aromatic nitrogens is 2. The Labute approximate surface area is 106 Å². The van der Waals surface area contributed by atoms with Crippen molar-refractivity contribution in [3.63, 3.8) is 0 Å². The molecule has 0 aliphatic heterocycles. The molecule has 0 bridgehead atoms. The van der Waals surface area contributed by atoms with Crippen molar-refractivity contribution in [3.05, 3.63) is 53.7 Å². The number of nitrogens with zero attached hydrogens (tertiary/aromatic N) is 1. The fourth-order valence-electron chi connectivity index (χ4n) is 3.13. The van der Waals surface area contributed by atoms with Crippen LogP contribution in [0.4, 0.5) is 0 Å². The zero-order valence-corrected chi connectivity index (χ0v) is 10.4. The van der Waals surface area contributed by atoms with Crippen molar-refractivity contribution >= 4 is 10.9 Å². The average Bonchev–Trinajstić information content (AvgIpc) is 2.77. The first-order valence-corrected chi connectivity index (χ1v) is 6.42. The summed E-state index contributed by atoms with van der Waals surface area (Å²) in [6.45, 7) is 0. The standard InChI is InChI=1S/C16H14N2/c1-18-10-4-5-11-8-9-13-12-6-2-3-7-14(12)17-15(13)16(11)18/h2-7,10H,8-9H2,1H3/p+1. The minimum absolute atomic E-state index is 1.14. The van der Waals surface area contributed by atoms with E-state index in [-0.39, 0.29) is 0 Å². The number of aromatic amines is 1. The van der Waals surface area contributed by atoms with Gasteiger partial charge in [0.25, 0.3) is 0 Å². The van der Waals surface area contributed by atoms with Gasteiger partial charge in [0.15, 0.2) is 6.20 Å². The first kappa shape index (κ1) is 9.89. The Bertz CT molecular complexity index is 753. The summed E-state index contributed by atoms with van der Waals surface area (Å²) < 4.78 is 2.22. The van der Waals surface area contributed by atoms with Crippen LogP contribution in [0.3, 0.4) is 0 Å². The van der Waals surface area contributed by atoms with Crippen molar-refractivity contribution in [1.29, 1.82) is 0 Å². The fraction of sp³-hybridized carbons (Fsp3) is 0.188. The van der Waals surface area contributed by atoms with Gasteiger partial charge in [-0.1, -0.05) is 18.2 Å². The molecule has 1 aliphatic rings. The van der Waals surface area contributed by atoms with Crippen molar-refractivity contribution in [2.75, 3.05) is 0 Å². The number of benzene rings is 1. The first-order valence-electron chi connectivity index (χ1n) is 6.42. The van der Waals surface area contributed by atoms with E-state index in [4.69, 9.17) is 0 Å². The molecule has 0 spiro atoms. The second-order valence-electron chi connectivity index (χ2n) is 5.02. The highest BCUT2D eigenvalue weighted by molar-refractivity contribution is 5.90. The summed E-state index contributed by atoms with van der Waals surface area (Å²) in [5, 5.41) is 1.38. The molecule has 0 atom stereocenters. The van der Waals surface area contributed by atoms with Crippen molar-refractivity contribution in [2.24, 2.45) is 7.05 Å². The molecule has 1 aliphatic carbocycles. The van der Waals surface area contributed by atoms with E-state index >= 15 is 0 Å². The SMILES string of the molecule is C[n+]1cccc2c1-c1[nH]c3ccccc3c1CC2. The van der Waals surface area contributed by atoms with Gasteiger partial charge in [0.1, 0.15) is 12.7 Å². The van der Waals surface area contributed by atoms with Gasteiger partial charge in [-0.25, -0.2) is 0 Å². The number of fused-ring (bicyclic) bond motifs is 5. The molecule has 2 heteroatoms. The number of pyridine rings is 1. The van der Waals surface area contributed by atoms with E-state index in [1.807, 2.05) is 0 Å². The number of aryl methyl sites for hydroxylation is 3. The molecule has 0 saturated heterocycles. The largest absolute Gasteiger partial charge is 0.349 e. The predicted molar refractivity (Wildman–Crippen MR) is 72.3 cm³/mol. The van der Waals surface area contributed by atoms with E-state index < -0.39 is 0 Å². The second-order valence-corrected chi connectivity index (χ2v) is 5.02. The molecule has 2 heterocycles. The molecular weight excluding hydrogens is 220 g/mol. The molecule has 0 fully saturated rings. The molecule has 0 amide bonds. The van der Waals surface area contributed by atoms with Gasteiger partial charge in [-0.3, -0.25) is 0 Å². The third kappa shape index (κ3) is 1.20. The molecule has 0 saturated carbocycles. The van der Waals surface area contributed by atoms with Crippen LogP contribution in [0.5, 0.6) is 0 Å². The van der Waals surface area contributed by atoms with Gasteiger partial charge >= 0.3 is 0 Å². The van der Waals surface area contributed by atoms with E-state index in [1.165, 1.54) is 33.4 Å². The molecule has 1 aromatic carbocycles. The molecule has 2 nitrogen and oxygen atoms in total. The van der Waals surface area contributed by atoms with Crippen molar-refractivity contribution < 1.29 is 4.57 Å². The minimum atomic E-state index is 1.14. The van der Waals surface area contributed by atoms with Gasteiger partial charge in [-0.2, -0.15) is 4.57 Å².